The van der Waals surface area contributed by atoms with Gasteiger partial charge in [-0.25, -0.2) is 0 Å². The van der Waals surface area contributed by atoms with Crippen molar-refractivity contribution in [1.82, 2.24) is 0 Å². The third-order valence-electron chi connectivity index (χ3n) is 6.25. The van der Waals surface area contributed by atoms with Gasteiger partial charge < -0.3 is 14.4 Å². The minimum Gasteiger partial charge on any atom is -0.460 e. The molecule has 2 saturated heterocycles. The fourth-order valence-electron chi connectivity index (χ4n) is 4.72. The number of benzene rings is 2. The molecule has 5 nitrogen and oxygen atoms in total. The van der Waals surface area contributed by atoms with E-state index in [-0.39, 0.29) is 18.5 Å². The number of carbonyl (C=O) groups excluding carboxylic acids is 2. The van der Waals surface area contributed by atoms with Gasteiger partial charge in [0.25, 0.3) is 0 Å². The van der Waals surface area contributed by atoms with Gasteiger partial charge in [-0.3, -0.25) is 9.59 Å². The van der Waals surface area contributed by atoms with E-state index in [2.05, 4.69) is 6.92 Å². The van der Waals surface area contributed by atoms with Crippen LogP contribution in [0, 0.1) is 11.8 Å². The minimum absolute atomic E-state index is 0.0669. The molecule has 0 saturated carbocycles. The molecule has 3 heterocycles. The Morgan fingerprint density at radius 2 is 1.90 bits per heavy atom. The van der Waals surface area contributed by atoms with Crippen molar-refractivity contribution in [3.8, 4) is 0 Å². The van der Waals surface area contributed by atoms with Crippen LogP contribution in [0.25, 0.3) is 0 Å². The molecule has 2 fully saturated rings. The summed E-state index contributed by atoms with van der Waals surface area (Å²) in [7, 11) is 0. The smallest absolute Gasteiger partial charge is 0.313 e. The molecular formula is C24H23NO4. The summed E-state index contributed by atoms with van der Waals surface area (Å²) in [6.07, 6.45) is 4.42. The summed E-state index contributed by atoms with van der Waals surface area (Å²) in [5, 5.41) is 0. The monoisotopic (exact) mass is 389 g/mol. The van der Waals surface area contributed by atoms with E-state index in [1.165, 1.54) is 5.56 Å². The predicted octanol–water partition coefficient (Wildman–Crippen LogP) is 3.28. The standard InChI is InChI=1S/C24H23NO4/c1-2-16-8-10-18(11-9-16)25-15-24-13-12-19(29-24)20(21(24)22(25)26)23(27)28-14-17-6-4-3-5-7-17/h3-13,19-21H,2,14-15H2,1H3/t19-,20-,21-,24+/m0/s1. The average Bonchev–Trinajstić information content (AvgIpc) is 3.41. The summed E-state index contributed by atoms with van der Waals surface area (Å²) in [6, 6.07) is 17.6. The largest absolute Gasteiger partial charge is 0.460 e. The molecule has 1 amide bonds. The van der Waals surface area contributed by atoms with Gasteiger partial charge in [-0.15, -0.1) is 0 Å². The van der Waals surface area contributed by atoms with Crippen LogP contribution in [0.3, 0.4) is 0 Å². The maximum Gasteiger partial charge on any atom is 0.313 e. The number of fused-ring (bicyclic) bond motifs is 1. The van der Waals surface area contributed by atoms with Crippen molar-refractivity contribution in [2.24, 2.45) is 11.8 Å². The van der Waals surface area contributed by atoms with Crippen LogP contribution >= 0.6 is 0 Å². The highest BCUT2D eigenvalue weighted by molar-refractivity contribution is 6.02. The lowest BCUT2D eigenvalue weighted by Gasteiger charge is -2.22. The zero-order valence-electron chi connectivity index (χ0n) is 16.3. The predicted molar refractivity (Wildman–Crippen MR) is 108 cm³/mol. The quantitative estimate of drug-likeness (QED) is 0.582. The summed E-state index contributed by atoms with van der Waals surface area (Å²) in [4.78, 5) is 28.0. The van der Waals surface area contributed by atoms with Gasteiger partial charge in [-0.05, 0) is 29.7 Å². The van der Waals surface area contributed by atoms with Crippen LogP contribution in [0.15, 0.2) is 66.7 Å². The number of amides is 1. The maximum absolute atomic E-state index is 13.3. The van der Waals surface area contributed by atoms with Gasteiger partial charge in [-0.1, -0.05) is 61.5 Å². The van der Waals surface area contributed by atoms with E-state index in [9.17, 15) is 9.59 Å². The third kappa shape index (κ3) is 2.88. The highest BCUT2D eigenvalue weighted by Gasteiger charge is 2.67. The normalized spacial score (nSPS) is 29.3. The van der Waals surface area contributed by atoms with E-state index in [0.717, 1.165) is 17.7 Å². The third-order valence-corrected chi connectivity index (χ3v) is 6.25. The van der Waals surface area contributed by atoms with Gasteiger partial charge in [-0.2, -0.15) is 0 Å². The SMILES string of the molecule is CCc1ccc(N2C[C@@]34C=C[C@H](O3)[C@H](C(=O)OCc3ccccc3)[C@H]4C2=O)cc1. The Labute approximate surface area is 169 Å². The topological polar surface area (TPSA) is 55.8 Å². The first kappa shape index (κ1) is 18.1. The summed E-state index contributed by atoms with van der Waals surface area (Å²) in [6.45, 7) is 2.72. The molecule has 3 aliphatic rings. The molecule has 2 aromatic carbocycles. The molecule has 148 valence electrons. The molecule has 5 rings (SSSR count). The van der Waals surface area contributed by atoms with E-state index in [0.29, 0.717) is 6.54 Å². The lowest BCUT2D eigenvalue weighted by Crippen LogP contribution is -2.40. The number of esters is 1. The van der Waals surface area contributed by atoms with Crippen LogP contribution in [-0.4, -0.2) is 30.1 Å². The Hall–Kier alpha value is -2.92. The number of rotatable bonds is 5. The van der Waals surface area contributed by atoms with Crippen molar-refractivity contribution in [2.45, 2.75) is 31.7 Å². The van der Waals surface area contributed by atoms with Crippen molar-refractivity contribution in [3.63, 3.8) is 0 Å². The Bertz CT molecular complexity index is 968. The van der Waals surface area contributed by atoms with E-state index in [1.807, 2.05) is 66.7 Å². The van der Waals surface area contributed by atoms with Crippen LogP contribution < -0.4 is 4.90 Å². The summed E-state index contributed by atoms with van der Waals surface area (Å²) < 4.78 is 11.7. The Balaban J connectivity index is 1.37. The molecule has 0 unspecified atom stereocenters. The lowest BCUT2D eigenvalue weighted by molar-refractivity contribution is -0.153. The van der Waals surface area contributed by atoms with Crippen molar-refractivity contribution < 1.29 is 19.1 Å². The van der Waals surface area contributed by atoms with Crippen LogP contribution in [0.1, 0.15) is 18.1 Å². The summed E-state index contributed by atoms with van der Waals surface area (Å²) in [5.74, 6) is -1.57. The fraction of sp³-hybridized carbons (Fsp3) is 0.333. The van der Waals surface area contributed by atoms with Crippen LogP contribution in [0.5, 0.6) is 0 Å². The zero-order chi connectivity index (χ0) is 20.0. The molecule has 0 radical (unpaired) electrons. The summed E-state index contributed by atoms with van der Waals surface area (Å²) in [5.41, 5.74) is 2.25. The van der Waals surface area contributed by atoms with Crippen LogP contribution in [-0.2, 0) is 32.1 Å². The van der Waals surface area contributed by atoms with Crippen molar-refractivity contribution in [1.29, 1.82) is 0 Å². The minimum atomic E-state index is -0.735. The average molecular weight is 389 g/mol. The van der Waals surface area contributed by atoms with Crippen molar-refractivity contribution in [3.05, 3.63) is 77.9 Å². The molecule has 0 N–H and O–H groups in total. The number of carbonyl (C=O) groups is 2. The fourth-order valence-corrected chi connectivity index (χ4v) is 4.72. The Morgan fingerprint density at radius 3 is 2.62 bits per heavy atom. The maximum atomic E-state index is 13.3. The highest BCUT2D eigenvalue weighted by atomic mass is 16.6. The van der Waals surface area contributed by atoms with E-state index in [4.69, 9.17) is 9.47 Å². The molecule has 4 atom stereocenters. The number of aryl methyl sites for hydroxylation is 1. The van der Waals surface area contributed by atoms with E-state index < -0.39 is 23.5 Å². The van der Waals surface area contributed by atoms with Gasteiger partial charge in [0, 0.05) is 5.69 Å². The molecule has 1 spiro atoms. The second kappa shape index (κ2) is 6.85. The molecular weight excluding hydrogens is 366 g/mol. The first-order chi connectivity index (χ1) is 14.1. The molecule has 2 bridgehead atoms. The zero-order valence-corrected chi connectivity index (χ0v) is 16.3. The van der Waals surface area contributed by atoms with Gasteiger partial charge >= 0.3 is 5.97 Å². The second-order valence-electron chi connectivity index (χ2n) is 7.94. The van der Waals surface area contributed by atoms with E-state index >= 15 is 0 Å². The lowest BCUT2D eigenvalue weighted by atomic mass is 9.77. The first-order valence-electron chi connectivity index (χ1n) is 10.1. The molecule has 5 heteroatoms. The molecule has 0 aromatic heterocycles. The molecule has 29 heavy (non-hydrogen) atoms. The molecule has 0 aliphatic carbocycles. The highest BCUT2D eigenvalue weighted by Crippen LogP contribution is 2.52. The van der Waals surface area contributed by atoms with E-state index in [1.54, 1.807) is 4.90 Å². The Kier molecular flexibility index (Phi) is 4.28. The molecule has 3 aliphatic heterocycles. The van der Waals surface area contributed by atoms with Gasteiger partial charge in [0.05, 0.1) is 18.6 Å². The number of hydrogen-bond donors (Lipinski definition) is 0. The van der Waals surface area contributed by atoms with Gasteiger partial charge in [0.1, 0.15) is 18.1 Å². The van der Waals surface area contributed by atoms with Crippen molar-refractivity contribution >= 4 is 17.6 Å². The first-order valence-corrected chi connectivity index (χ1v) is 10.1. The van der Waals surface area contributed by atoms with Crippen LogP contribution in [0.4, 0.5) is 5.69 Å². The number of hydrogen-bond acceptors (Lipinski definition) is 4. The van der Waals surface area contributed by atoms with Gasteiger partial charge in [0.15, 0.2) is 0 Å². The number of nitrogens with zero attached hydrogens (tertiary/aromatic N) is 1. The number of anilines is 1. The summed E-state index contributed by atoms with van der Waals surface area (Å²) >= 11 is 0. The number of ether oxygens (including phenoxy) is 2. The molecule has 2 aromatic rings. The van der Waals surface area contributed by atoms with Crippen molar-refractivity contribution in [2.75, 3.05) is 11.4 Å². The van der Waals surface area contributed by atoms with Gasteiger partial charge in [0.2, 0.25) is 5.91 Å². The Morgan fingerprint density at radius 1 is 1.14 bits per heavy atom. The van der Waals surface area contributed by atoms with Crippen LogP contribution in [0.2, 0.25) is 0 Å². The second-order valence-corrected chi connectivity index (χ2v) is 7.94.